The maximum absolute atomic E-state index is 10.6. The van der Waals surface area contributed by atoms with Gasteiger partial charge in [-0.1, -0.05) is 6.92 Å². The maximum Gasteiger partial charge on any atom is 0.379 e. The van der Waals surface area contributed by atoms with Crippen molar-refractivity contribution in [1.82, 2.24) is 0 Å². The van der Waals surface area contributed by atoms with Crippen LogP contribution in [-0.2, 0) is 4.18 Å². The Bertz CT molecular complexity index is 394. The Morgan fingerprint density at radius 3 is 3.20 bits per heavy atom. The molecule has 1 aliphatic rings. The fourth-order valence-corrected chi connectivity index (χ4v) is 2.21. The molecule has 80 valence electrons. The average Bonchev–Trinajstić information content (AvgIpc) is 2.57. The summed E-state index contributed by atoms with van der Waals surface area (Å²) in [5.41, 5.74) is 1.18. The van der Waals surface area contributed by atoms with E-state index in [4.69, 9.17) is 8.92 Å². The summed E-state index contributed by atoms with van der Waals surface area (Å²) in [6, 6.07) is 5.82. The Hall–Kier alpha value is -0.430. The number of fused-ring (bicyclic) bond motifs is 1. The van der Waals surface area contributed by atoms with Crippen molar-refractivity contribution in [3.63, 3.8) is 0 Å². The average molecular weight is 336 g/mol. The molecule has 0 saturated heterocycles. The molecule has 2 rings (SSSR count). The molecular weight excluding hydrogens is 327 g/mol. The molecule has 3 nitrogen and oxygen atoms in total. The van der Waals surface area contributed by atoms with E-state index in [0.717, 1.165) is 29.3 Å². The van der Waals surface area contributed by atoms with Crippen molar-refractivity contribution in [2.45, 2.75) is 17.7 Å². The lowest BCUT2D eigenvalue weighted by Gasteiger charge is -2.03. The number of ether oxygens (including phenoxy) is 1. The Morgan fingerprint density at radius 2 is 2.47 bits per heavy atom. The molecule has 0 saturated carbocycles. The molecule has 15 heavy (non-hydrogen) atoms. The third-order valence-electron chi connectivity index (χ3n) is 2.20. The molecule has 1 aromatic carbocycles. The van der Waals surface area contributed by atoms with Gasteiger partial charge in [0, 0.05) is 16.4 Å². The number of benzene rings is 1. The van der Waals surface area contributed by atoms with Crippen LogP contribution < -0.4 is 4.74 Å². The van der Waals surface area contributed by atoms with Crippen molar-refractivity contribution >= 4 is 38.6 Å². The van der Waals surface area contributed by atoms with Crippen molar-refractivity contribution in [1.29, 1.82) is 0 Å². The van der Waals surface area contributed by atoms with Crippen molar-refractivity contribution < 1.29 is 13.7 Å². The van der Waals surface area contributed by atoms with Crippen molar-refractivity contribution in [3.05, 3.63) is 23.8 Å². The molecule has 1 aromatic rings. The van der Waals surface area contributed by atoms with E-state index in [1.165, 1.54) is 5.56 Å². The van der Waals surface area contributed by atoms with Gasteiger partial charge in [0.05, 0.1) is 41.2 Å². The lowest BCUT2D eigenvalue weighted by molar-refractivity contribution is 0.237. The molecule has 5 heteroatoms. The zero-order chi connectivity index (χ0) is 10.8. The first-order valence-corrected chi connectivity index (χ1v) is 6.29. The molecule has 1 atom stereocenters. The van der Waals surface area contributed by atoms with E-state index >= 15 is 0 Å². The Balaban J connectivity index is 2.14. The second-order valence-electron chi connectivity index (χ2n) is 3.32. The summed E-state index contributed by atoms with van der Waals surface area (Å²) >= 11 is 2.69. The van der Waals surface area contributed by atoms with E-state index < -0.39 is 0 Å². The van der Waals surface area contributed by atoms with Crippen LogP contribution in [0.4, 0.5) is 4.79 Å². The zero-order valence-corrected chi connectivity index (χ0v) is 11.0. The molecule has 0 amide bonds. The van der Waals surface area contributed by atoms with Gasteiger partial charge in [-0.3, -0.25) is 0 Å². The quantitative estimate of drug-likeness (QED) is 0.468. The van der Waals surface area contributed by atoms with Crippen LogP contribution in [0.25, 0.3) is 0 Å². The molecule has 0 bridgehead atoms. The van der Waals surface area contributed by atoms with E-state index in [1.807, 2.05) is 18.2 Å². The smallest absolute Gasteiger partial charge is 0.379 e. The van der Waals surface area contributed by atoms with Crippen LogP contribution in [0, 0.1) is 0 Å². The number of carbonyl (C=O) groups is 1. The van der Waals surface area contributed by atoms with E-state index in [-0.39, 0.29) is 3.98 Å². The predicted molar refractivity (Wildman–Crippen MR) is 66.7 cm³/mol. The van der Waals surface area contributed by atoms with Crippen LogP contribution in [0.15, 0.2) is 23.1 Å². The largest absolute Gasteiger partial charge is 0.493 e. The highest BCUT2D eigenvalue weighted by Crippen LogP contribution is 2.36. The van der Waals surface area contributed by atoms with Gasteiger partial charge in [-0.05, 0) is 18.2 Å². The predicted octanol–water partition coefficient (Wildman–Crippen LogP) is 3.76. The molecule has 1 heterocycles. The molecule has 0 N–H and O–H groups in total. The molecule has 1 aliphatic heterocycles. The summed E-state index contributed by atoms with van der Waals surface area (Å²) in [6.45, 7) is 2.85. The normalized spacial score (nSPS) is 18.1. The first kappa shape index (κ1) is 11.1. The molecule has 1 unspecified atom stereocenters. The Labute approximate surface area is 106 Å². The fourth-order valence-electron chi connectivity index (χ4n) is 1.48. The standard InChI is InChI=1S/C10H9IO3S/c1-6-5-13-9-3-2-7(4-8(6)9)15-14-10(11)12/h2-4,6H,5H2,1H3. The topological polar surface area (TPSA) is 35.5 Å². The van der Waals surface area contributed by atoms with Crippen LogP contribution >= 0.6 is 34.6 Å². The third-order valence-corrected chi connectivity index (χ3v) is 3.40. The van der Waals surface area contributed by atoms with Gasteiger partial charge >= 0.3 is 3.98 Å². The van der Waals surface area contributed by atoms with Crippen LogP contribution in [0.2, 0.25) is 0 Å². The molecule has 0 radical (unpaired) electrons. The highest BCUT2D eigenvalue weighted by atomic mass is 127. The van der Waals surface area contributed by atoms with Crippen molar-refractivity contribution in [2.75, 3.05) is 6.61 Å². The van der Waals surface area contributed by atoms with E-state index in [0.29, 0.717) is 5.92 Å². The van der Waals surface area contributed by atoms with Gasteiger partial charge < -0.3 is 8.92 Å². The first-order chi connectivity index (χ1) is 7.16. The van der Waals surface area contributed by atoms with Gasteiger partial charge in [-0.25, -0.2) is 4.79 Å². The van der Waals surface area contributed by atoms with Gasteiger partial charge in [0.15, 0.2) is 0 Å². The molecular formula is C10H9IO3S. The highest BCUT2D eigenvalue weighted by molar-refractivity contribution is 14.1. The van der Waals surface area contributed by atoms with Gasteiger partial charge in [0.1, 0.15) is 5.75 Å². The van der Waals surface area contributed by atoms with Crippen molar-refractivity contribution in [2.24, 2.45) is 0 Å². The number of carbonyl (C=O) groups excluding carboxylic acids is 1. The Kier molecular flexibility index (Phi) is 3.40. The summed E-state index contributed by atoms with van der Waals surface area (Å²) in [5, 5.41) is 0. The molecule has 0 spiro atoms. The molecule has 0 fully saturated rings. The summed E-state index contributed by atoms with van der Waals surface area (Å²) in [5.74, 6) is 1.35. The van der Waals surface area contributed by atoms with Gasteiger partial charge in [-0.2, -0.15) is 0 Å². The number of rotatable bonds is 2. The lowest BCUT2D eigenvalue weighted by Crippen LogP contribution is -1.93. The van der Waals surface area contributed by atoms with Gasteiger partial charge in [-0.15, -0.1) is 0 Å². The fraction of sp³-hybridized carbons (Fsp3) is 0.300. The Morgan fingerprint density at radius 1 is 1.67 bits per heavy atom. The first-order valence-electron chi connectivity index (χ1n) is 4.47. The second kappa shape index (κ2) is 4.61. The van der Waals surface area contributed by atoms with Gasteiger partial charge in [0.2, 0.25) is 0 Å². The lowest BCUT2D eigenvalue weighted by atomic mass is 10.0. The summed E-state index contributed by atoms with van der Waals surface area (Å²) in [4.78, 5) is 11.6. The maximum atomic E-state index is 10.6. The van der Waals surface area contributed by atoms with Gasteiger partial charge in [0.25, 0.3) is 0 Å². The van der Waals surface area contributed by atoms with Crippen LogP contribution in [-0.4, -0.2) is 10.6 Å². The molecule has 0 aliphatic carbocycles. The van der Waals surface area contributed by atoms with Crippen LogP contribution in [0.3, 0.4) is 0 Å². The minimum Gasteiger partial charge on any atom is -0.493 e. The zero-order valence-electron chi connectivity index (χ0n) is 8.03. The molecule has 0 aromatic heterocycles. The monoisotopic (exact) mass is 336 g/mol. The van der Waals surface area contributed by atoms with E-state index in [2.05, 4.69) is 6.92 Å². The van der Waals surface area contributed by atoms with Crippen LogP contribution in [0.1, 0.15) is 18.4 Å². The summed E-state index contributed by atoms with van der Waals surface area (Å²) < 4.78 is 10.0. The minimum atomic E-state index is -0.317. The van der Waals surface area contributed by atoms with E-state index in [9.17, 15) is 4.79 Å². The summed E-state index contributed by atoms with van der Waals surface area (Å²) in [6.07, 6.45) is 0. The number of hydrogen-bond donors (Lipinski definition) is 0. The minimum absolute atomic E-state index is 0.317. The van der Waals surface area contributed by atoms with Crippen molar-refractivity contribution in [3.8, 4) is 5.75 Å². The number of hydrogen-bond acceptors (Lipinski definition) is 4. The number of halogens is 1. The highest BCUT2D eigenvalue weighted by Gasteiger charge is 2.20. The SMILES string of the molecule is CC1COc2ccc(SOC(=O)I)cc21. The third kappa shape index (κ3) is 2.57. The summed E-state index contributed by atoms with van der Waals surface area (Å²) in [7, 11) is 0. The van der Waals surface area contributed by atoms with Crippen LogP contribution in [0.5, 0.6) is 5.75 Å². The van der Waals surface area contributed by atoms with E-state index in [1.54, 1.807) is 22.6 Å². The second-order valence-corrected chi connectivity index (χ2v) is 5.00.